The van der Waals surface area contributed by atoms with Crippen LogP contribution < -0.4 is 4.74 Å². The number of aryl methyl sites for hydroxylation is 1. The van der Waals surface area contributed by atoms with E-state index in [2.05, 4.69) is 0 Å². The molecule has 0 aliphatic carbocycles. The molecule has 0 fully saturated rings. The summed E-state index contributed by atoms with van der Waals surface area (Å²) in [6.45, 7) is 1.74. The lowest BCUT2D eigenvalue weighted by Crippen LogP contribution is -2.02. The minimum Gasteiger partial charge on any atom is -0.478 e. The zero-order valence-corrected chi connectivity index (χ0v) is 11.6. The lowest BCUT2D eigenvalue weighted by Gasteiger charge is -2.11. The van der Waals surface area contributed by atoms with Crippen molar-refractivity contribution in [2.24, 2.45) is 0 Å². The summed E-state index contributed by atoms with van der Waals surface area (Å²) < 4.78 is 5.42. The van der Waals surface area contributed by atoms with Gasteiger partial charge in [0.25, 0.3) is 0 Å². The highest BCUT2D eigenvalue weighted by atomic mass is 35.5. The van der Waals surface area contributed by atoms with Gasteiger partial charge in [0.1, 0.15) is 5.56 Å². The van der Waals surface area contributed by atoms with Crippen molar-refractivity contribution in [3.63, 3.8) is 0 Å². The second kappa shape index (κ2) is 5.80. The maximum Gasteiger partial charge on any atom is 0.339 e. The second-order valence-corrected chi connectivity index (χ2v) is 4.66. The molecule has 0 aromatic heterocycles. The smallest absolute Gasteiger partial charge is 0.339 e. The van der Waals surface area contributed by atoms with Crippen LogP contribution in [-0.4, -0.2) is 16.0 Å². The van der Waals surface area contributed by atoms with E-state index in [9.17, 15) is 14.9 Å². The molecule has 2 aromatic rings. The number of nitro groups is 1. The largest absolute Gasteiger partial charge is 0.478 e. The Kier molecular flexibility index (Phi) is 4.09. The zero-order chi connectivity index (χ0) is 15.6. The van der Waals surface area contributed by atoms with Crippen LogP contribution in [-0.2, 0) is 0 Å². The highest BCUT2D eigenvalue weighted by Gasteiger charge is 2.20. The summed E-state index contributed by atoms with van der Waals surface area (Å²) in [5.41, 5.74) is 0.301. The van der Waals surface area contributed by atoms with E-state index in [0.29, 0.717) is 0 Å². The first-order chi connectivity index (χ1) is 9.90. The van der Waals surface area contributed by atoms with Gasteiger partial charge < -0.3 is 9.84 Å². The van der Waals surface area contributed by atoms with Crippen LogP contribution in [0.25, 0.3) is 0 Å². The first-order valence-electron chi connectivity index (χ1n) is 5.85. The molecule has 6 nitrogen and oxygen atoms in total. The number of aromatic carboxylic acids is 1. The normalized spacial score (nSPS) is 10.2. The topological polar surface area (TPSA) is 89.7 Å². The summed E-state index contributed by atoms with van der Waals surface area (Å²) in [6, 6.07) is 8.53. The van der Waals surface area contributed by atoms with Crippen molar-refractivity contribution in [2.45, 2.75) is 6.92 Å². The lowest BCUT2D eigenvalue weighted by atomic mass is 10.2. The van der Waals surface area contributed by atoms with Crippen LogP contribution in [0.3, 0.4) is 0 Å². The fourth-order valence-electron chi connectivity index (χ4n) is 1.74. The van der Waals surface area contributed by atoms with Gasteiger partial charge in [-0.1, -0.05) is 23.7 Å². The van der Waals surface area contributed by atoms with Crippen LogP contribution in [0, 0.1) is 17.0 Å². The Labute approximate surface area is 124 Å². The van der Waals surface area contributed by atoms with Crippen molar-refractivity contribution >= 4 is 23.3 Å². The number of nitrogens with zero attached hydrogens (tertiary/aromatic N) is 1. The predicted molar refractivity (Wildman–Crippen MR) is 76.3 cm³/mol. The van der Waals surface area contributed by atoms with Gasteiger partial charge >= 0.3 is 11.7 Å². The Morgan fingerprint density at radius 3 is 2.67 bits per heavy atom. The van der Waals surface area contributed by atoms with Gasteiger partial charge in [0.2, 0.25) is 5.75 Å². The number of para-hydroxylation sites is 1. The first kappa shape index (κ1) is 14.8. The molecule has 0 aliphatic rings. The van der Waals surface area contributed by atoms with Crippen LogP contribution in [0.4, 0.5) is 5.69 Å². The predicted octanol–water partition coefficient (Wildman–Crippen LogP) is 4.05. The Balaban J connectivity index is 2.55. The van der Waals surface area contributed by atoms with Gasteiger partial charge in [-0.3, -0.25) is 10.1 Å². The number of nitro benzene ring substituents is 1. The van der Waals surface area contributed by atoms with Crippen molar-refractivity contribution in [3.8, 4) is 11.5 Å². The minimum absolute atomic E-state index is 0.0596. The standard InChI is InChI=1S/C14H10ClNO5/c1-8-5-6-11(16(19)20)12(7-8)21-13-9(14(17)18)3-2-4-10(13)15/h2-7H,1H3,(H,17,18). The summed E-state index contributed by atoms with van der Waals surface area (Å²) in [6.07, 6.45) is 0. The summed E-state index contributed by atoms with van der Waals surface area (Å²) in [5, 5.41) is 20.2. The number of carbonyl (C=O) groups is 1. The second-order valence-electron chi connectivity index (χ2n) is 4.25. The molecule has 0 atom stereocenters. The zero-order valence-electron chi connectivity index (χ0n) is 10.9. The molecule has 0 saturated heterocycles. The molecular weight excluding hydrogens is 298 g/mol. The quantitative estimate of drug-likeness (QED) is 0.680. The number of carboxylic acid groups (broad SMARTS) is 1. The molecule has 2 aromatic carbocycles. The van der Waals surface area contributed by atoms with Crippen LogP contribution >= 0.6 is 11.6 Å². The number of carboxylic acids is 1. The van der Waals surface area contributed by atoms with Crippen molar-refractivity contribution in [3.05, 3.63) is 62.7 Å². The van der Waals surface area contributed by atoms with Gasteiger partial charge in [-0.25, -0.2) is 4.79 Å². The molecular formula is C14H10ClNO5. The Hall–Kier alpha value is -2.60. The fraction of sp³-hybridized carbons (Fsp3) is 0.0714. The van der Waals surface area contributed by atoms with Gasteiger partial charge in [-0.2, -0.15) is 0 Å². The average Bonchev–Trinajstić information content (AvgIpc) is 2.40. The van der Waals surface area contributed by atoms with Crippen LogP contribution in [0.15, 0.2) is 36.4 Å². The lowest BCUT2D eigenvalue weighted by molar-refractivity contribution is -0.385. The molecule has 0 bridgehead atoms. The van der Waals surface area contributed by atoms with Gasteiger partial charge in [-0.15, -0.1) is 0 Å². The third-order valence-electron chi connectivity index (χ3n) is 2.72. The maximum atomic E-state index is 11.2. The minimum atomic E-state index is -1.23. The number of hydrogen-bond acceptors (Lipinski definition) is 4. The molecule has 0 heterocycles. The van der Waals surface area contributed by atoms with Crippen molar-refractivity contribution in [1.29, 1.82) is 0 Å². The summed E-state index contributed by atoms with van der Waals surface area (Å²) in [7, 11) is 0. The molecule has 0 spiro atoms. The van der Waals surface area contributed by atoms with Crippen LogP contribution in [0.2, 0.25) is 5.02 Å². The maximum absolute atomic E-state index is 11.2. The van der Waals surface area contributed by atoms with E-state index in [1.165, 1.54) is 30.3 Å². The average molecular weight is 308 g/mol. The van der Waals surface area contributed by atoms with Crippen LogP contribution in [0.1, 0.15) is 15.9 Å². The fourth-order valence-corrected chi connectivity index (χ4v) is 1.96. The summed E-state index contributed by atoms with van der Waals surface area (Å²) in [4.78, 5) is 21.6. The van der Waals surface area contributed by atoms with Crippen molar-refractivity contribution in [2.75, 3.05) is 0 Å². The molecule has 0 saturated carbocycles. The van der Waals surface area contributed by atoms with E-state index in [1.54, 1.807) is 13.0 Å². The first-order valence-corrected chi connectivity index (χ1v) is 6.22. The van der Waals surface area contributed by atoms with E-state index in [-0.39, 0.29) is 27.8 Å². The third-order valence-corrected chi connectivity index (χ3v) is 3.02. The molecule has 1 N–H and O–H groups in total. The number of hydrogen-bond donors (Lipinski definition) is 1. The molecule has 0 radical (unpaired) electrons. The van der Waals surface area contributed by atoms with Crippen LogP contribution in [0.5, 0.6) is 11.5 Å². The van der Waals surface area contributed by atoms with Gasteiger partial charge in [0.15, 0.2) is 5.75 Å². The van der Waals surface area contributed by atoms with E-state index in [1.807, 2.05) is 0 Å². The third kappa shape index (κ3) is 3.11. The SMILES string of the molecule is Cc1ccc([N+](=O)[O-])c(Oc2c(Cl)cccc2C(=O)O)c1. The highest BCUT2D eigenvalue weighted by Crippen LogP contribution is 2.37. The highest BCUT2D eigenvalue weighted by molar-refractivity contribution is 6.32. The van der Waals surface area contributed by atoms with E-state index in [4.69, 9.17) is 21.4 Å². The molecule has 0 amide bonds. The van der Waals surface area contributed by atoms with Crippen molar-refractivity contribution in [1.82, 2.24) is 0 Å². The van der Waals surface area contributed by atoms with E-state index < -0.39 is 10.9 Å². The Morgan fingerprint density at radius 2 is 2.05 bits per heavy atom. The molecule has 21 heavy (non-hydrogen) atoms. The van der Waals surface area contributed by atoms with Gasteiger partial charge in [-0.05, 0) is 30.7 Å². The number of benzene rings is 2. The molecule has 108 valence electrons. The van der Waals surface area contributed by atoms with E-state index in [0.717, 1.165) is 5.56 Å². The van der Waals surface area contributed by atoms with Crippen molar-refractivity contribution < 1.29 is 19.6 Å². The number of halogens is 1. The van der Waals surface area contributed by atoms with Gasteiger partial charge in [0.05, 0.1) is 9.95 Å². The monoisotopic (exact) mass is 307 g/mol. The summed E-state index contributed by atoms with van der Waals surface area (Å²) >= 11 is 5.94. The number of rotatable bonds is 4. The van der Waals surface area contributed by atoms with Gasteiger partial charge in [0, 0.05) is 6.07 Å². The molecule has 0 unspecified atom stereocenters. The number of ether oxygens (including phenoxy) is 1. The van der Waals surface area contributed by atoms with E-state index >= 15 is 0 Å². The molecule has 0 aliphatic heterocycles. The molecule has 7 heteroatoms. The Morgan fingerprint density at radius 1 is 1.33 bits per heavy atom. The molecule has 2 rings (SSSR count). The summed E-state index contributed by atoms with van der Waals surface area (Å²) in [5.74, 6) is -1.42. The Bertz CT molecular complexity index is 729.